The first-order chi connectivity index (χ1) is 13.5. The minimum atomic E-state index is 0.135. The third-order valence-corrected chi connectivity index (χ3v) is 6.65. The zero-order valence-electron chi connectivity index (χ0n) is 15.8. The lowest BCUT2D eigenvalue weighted by Crippen LogP contribution is -2.42. The van der Waals surface area contributed by atoms with E-state index in [9.17, 15) is 4.79 Å². The molecule has 5 rings (SSSR count). The summed E-state index contributed by atoms with van der Waals surface area (Å²) in [6, 6.07) is 5.89. The molecule has 0 aliphatic carbocycles. The van der Waals surface area contributed by atoms with Crippen molar-refractivity contribution in [2.75, 3.05) is 24.5 Å². The summed E-state index contributed by atoms with van der Waals surface area (Å²) in [5.41, 5.74) is 2.29. The Balaban J connectivity index is 1.35. The second-order valence-corrected chi connectivity index (χ2v) is 8.48. The lowest BCUT2D eigenvalue weighted by Gasteiger charge is -2.38. The molecule has 2 aliphatic rings. The first-order valence-electron chi connectivity index (χ1n) is 9.69. The Morgan fingerprint density at radius 2 is 2.07 bits per heavy atom. The quantitative estimate of drug-likeness (QED) is 0.710. The number of nitrogens with zero attached hydrogens (tertiary/aromatic N) is 4. The lowest BCUT2D eigenvalue weighted by atomic mass is 9.78. The summed E-state index contributed by atoms with van der Waals surface area (Å²) in [4.78, 5) is 17.2. The monoisotopic (exact) mass is 398 g/mol. The second-order valence-electron chi connectivity index (χ2n) is 8.07. The standard InChI is InChI=1S/C20H23ClN6O/c1-26-16(9-13-11-22-15-4-2-3-14(21)18(13)15)24-25-19(26)27-7-5-20(6-8-27)10-17(28)23-12-20/h2-4,11,22H,5-10,12H2,1H3,(H,23,28). The Labute approximate surface area is 168 Å². The van der Waals surface area contributed by atoms with Gasteiger partial charge < -0.3 is 19.8 Å². The largest absolute Gasteiger partial charge is 0.361 e. The number of anilines is 1. The van der Waals surface area contributed by atoms with E-state index in [-0.39, 0.29) is 11.3 Å². The van der Waals surface area contributed by atoms with E-state index in [1.54, 1.807) is 0 Å². The molecule has 3 aromatic rings. The van der Waals surface area contributed by atoms with Gasteiger partial charge in [-0.2, -0.15) is 0 Å². The van der Waals surface area contributed by atoms with Crippen LogP contribution in [0.2, 0.25) is 5.02 Å². The van der Waals surface area contributed by atoms with Gasteiger partial charge >= 0.3 is 0 Å². The number of aromatic amines is 1. The van der Waals surface area contributed by atoms with Crippen molar-refractivity contribution < 1.29 is 4.79 Å². The van der Waals surface area contributed by atoms with Crippen LogP contribution in [0.4, 0.5) is 5.95 Å². The van der Waals surface area contributed by atoms with Gasteiger partial charge in [-0.3, -0.25) is 4.79 Å². The van der Waals surface area contributed by atoms with Crippen molar-refractivity contribution in [3.05, 3.63) is 40.8 Å². The fourth-order valence-electron chi connectivity index (χ4n) is 4.59. The van der Waals surface area contributed by atoms with Gasteiger partial charge in [0.1, 0.15) is 5.82 Å². The van der Waals surface area contributed by atoms with Gasteiger partial charge in [-0.1, -0.05) is 17.7 Å². The average molecular weight is 399 g/mol. The summed E-state index contributed by atoms with van der Waals surface area (Å²) in [5, 5.41) is 13.7. The van der Waals surface area contributed by atoms with Crippen LogP contribution in [0.5, 0.6) is 0 Å². The van der Waals surface area contributed by atoms with Gasteiger partial charge in [-0.05, 0) is 36.0 Å². The van der Waals surface area contributed by atoms with Crippen molar-refractivity contribution in [2.24, 2.45) is 12.5 Å². The number of aromatic nitrogens is 4. The molecule has 0 unspecified atom stereocenters. The Kier molecular flexibility index (Phi) is 4.08. The molecular formula is C20H23ClN6O. The molecule has 2 N–H and O–H groups in total. The third-order valence-electron chi connectivity index (χ3n) is 6.33. The van der Waals surface area contributed by atoms with Crippen molar-refractivity contribution in [3.63, 3.8) is 0 Å². The number of hydrogen-bond acceptors (Lipinski definition) is 4. The van der Waals surface area contributed by atoms with E-state index >= 15 is 0 Å². The van der Waals surface area contributed by atoms with Crippen LogP contribution < -0.4 is 10.2 Å². The van der Waals surface area contributed by atoms with Gasteiger partial charge in [0, 0.05) is 56.6 Å². The van der Waals surface area contributed by atoms with Crippen LogP contribution in [-0.4, -0.2) is 45.3 Å². The first-order valence-corrected chi connectivity index (χ1v) is 10.1. The van der Waals surface area contributed by atoms with Crippen LogP contribution in [0.1, 0.15) is 30.7 Å². The van der Waals surface area contributed by atoms with Crippen LogP contribution in [-0.2, 0) is 18.3 Å². The number of benzene rings is 1. The van der Waals surface area contributed by atoms with Crippen LogP contribution >= 0.6 is 11.6 Å². The summed E-state index contributed by atoms with van der Waals surface area (Å²) >= 11 is 6.41. The van der Waals surface area contributed by atoms with E-state index < -0.39 is 0 Å². The Morgan fingerprint density at radius 3 is 2.82 bits per heavy atom. The number of carbonyl (C=O) groups excluding carboxylic acids is 1. The summed E-state index contributed by atoms with van der Waals surface area (Å²) in [5.74, 6) is 1.99. The highest BCUT2D eigenvalue weighted by Crippen LogP contribution is 2.38. The summed E-state index contributed by atoms with van der Waals surface area (Å²) in [6.45, 7) is 2.62. The minimum absolute atomic E-state index is 0.135. The minimum Gasteiger partial charge on any atom is -0.361 e. The Hall–Kier alpha value is -2.54. The topological polar surface area (TPSA) is 78.8 Å². The van der Waals surface area contributed by atoms with E-state index in [2.05, 4.69) is 30.0 Å². The molecule has 1 amide bonds. The Bertz CT molecular complexity index is 1050. The van der Waals surface area contributed by atoms with Crippen molar-refractivity contribution in [1.82, 2.24) is 25.1 Å². The molecular weight excluding hydrogens is 376 g/mol. The fourth-order valence-corrected chi connectivity index (χ4v) is 4.88. The molecule has 1 spiro atoms. The highest BCUT2D eigenvalue weighted by molar-refractivity contribution is 6.35. The van der Waals surface area contributed by atoms with Gasteiger partial charge in [0.2, 0.25) is 11.9 Å². The summed E-state index contributed by atoms with van der Waals surface area (Å²) < 4.78 is 2.08. The average Bonchev–Trinajstić information content (AvgIpc) is 3.37. The maximum Gasteiger partial charge on any atom is 0.226 e. The highest BCUT2D eigenvalue weighted by atomic mass is 35.5. The highest BCUT2D eigenvalue weighted by Gasteiger charge is 2.41. The van der Waals surface area contributed by atoms with Gasteiger partial charge in [0.05, 0.1) is 5.02 Å². The smallest absolute Gasteiger partial charge is 0.226 e. The molecule has 146 valence electrons. The predicted octanol–water partition coefficient (Wildman–Crippen LogP) is 2.65. The van der Waals surface area contributed by atoms with Crippen LogP contribution in [0.3, 0.4) is 0 Å². The number of nitrogens with one attached hydrogen (secondary N) is 2. The molecule has 0 saturated carbocycles. The number of H-pyrrole nitrogens is 1. The summed E-state index contributed by atoms with van der Waals surface area (Å²) in [6.07, 6.45) is 5.34. The molecule has 4 heterocycles. The molecule has 0 bridgehead atoms. The molecule has 8 heteroatoms. The van der Waals surface area contributed by atoms with E-state index in [1.807, 2.05) is 31.4 Å². The number of hydrogen-bond donors (Lipinski definition) is 2. The molecule has 0 radical (unpaired) electrons. The predicted molar refractivity (Wildman–Crippen MR) is 109 cm³/mol. The fraction of sp³-hybridized carbons (Fsp3) is 0.450. The lowest BCUT2D eigenvalue weighted by molar-refractivity contribution is -0.119. The number of halogens is 1. The normalized spacial score (nSPS) is 18.9. The second kappa shape index (κ2) is 6.51. The molecule has 0 atom stereocenters. The number of amides is 1. The van der Waals surface area contributed by atoms with Gasteiger partial charge in [0.25, 0.3) is 0 Å². The number of piperidine rings is 1. The number of carbonyl (C=O) groups is 1. The summed E-state index contributed by atoms with van der Waals surface area (Å²) in [7, 11) is 2.02. The van der Waals surface area contributed by atoms with Crippen molar-refractivity contribution in [1.29, 1.82) is 0 Å². The number of rotatable bonds is 3. The van der Waals surface area contributed by atoms with Gasteiger partial charge in [-0.25, -0.2) is 0 Å². The van der Waals surface area contributed by atoms with E-state index in [0.717, 1.165) is 65.7 Å². The SMILES string of the molecule is Cn1c(Cc2c[nH]c3cccc(Cl)c23)nnc1N1CCC2(CC1)CNC(=O)C2. The van der Waals surface area contributed by atoms with Crippen molar-refractivity contribution >= 4 is 34.4 Å². The molecule has 1 aromatic carbocycles. The maximum atomic E-state index is 11.6. The third kappa shape index (κ3) is 2.85. The van der Waals surface area contributed by atoms with Crippen LogP contribution in [0.15, 0.2) is 24.4 Å². The Morgan fingerprint density at radius 1 is 1.25 bits per heavy atom. The van der Waals surface area contributed by atoms with Crippen molar-refractivity contribution in [3.8, 4) is 0 Å². The molecule has 2 fully saturated rings. The van der Waals surface area contributed by atoms with Gasteiger partial charge in [0.15, 0.2) is 0 Å². The van der Waals surface area contributed by atoms with E-state index in [1.165, 1.54) is 0 Å². The first kappa shape index (κ1) is 17.6. The zero-order chi connectivity index (χ0) is 19.3. The number of fused-ring (bicyclic) bond motifs is 1. The van der Waals surface area contributed by atoms with E-state index in [0.29, 0.717) is 12.8 Å². The van der Waals surface area contributed by atoms with E-state index in [4.69, 9.17) is 11.6 Å². The maximum absolute atomic E-state index is 11.6. The molecule has 2 aromatic heterocycles. The van der Waals surface area contributed by atoms with Gasteiger partial charge in [-0.15, -0.1) is 10.2 Å². The van der Waals surface area contributed by atoms with Crippen LogP contribution in [0, 0.1) is 5.41 Å². The van der Waals surface area contributed by atoms with Crippen molar-refractivity contribution in [2.45, 2.75) is 25.7 Å². The van der Waals surface area contributed by atoms with Crippen LogP contribution in [0.25, 0.3) is 10.9 Å². The zero-order valence-corrected chi connectivity index (χ0v) is 16.6. The molecule has 2 saturated heterocycles. The molecule has 2 aliphatic heterocycles. The molecule has 28 heavy (non-hydrogen) atoms. The molecule has 7 nitrogen and oxygen atoms in total.